The number of hydrogen-bond acceptors (Lipinski definition) is 4. The highest BCUT2D eigenvalue weighted by Crippen LogP contribution is 2.35. The van der Waals surface area contributed by atoms with E-state index in [0.717, 1.165) is 11.5 Å². The van der Waals surface area contributed by atoms with Gasteiger partial charge in [0.05, 0.1) is 17.0 Å². The van der Waals surface area contributed by atoms with Gasteiger partial charge in [-0.15, -0.1) is 0 Å². The predicted octanol–water partition coefficient (Wildman–Crippen LogP) is 1.62. The third kappa shape index (κ3) is 1.88. The van der Waals surface area contributed by atoms with Gasteiger partial charge in [0.25, 0.3) is 0 Å². The minimum absolute atomic E-state index is 0.576. The number of nitrogens with two attached hydrogens (primary N) is 1. The smallest absolute Gasteiger partial charge is 0.413 e. The van der Waals surface area contributed by atoms with Crippen LogP contribution >= 0.6 is 0 Å². The zero-order valence-electron chi connectivity index (χ0n) is 10.6. The Morgan fingerprint density at radius 1 is 1.67 bits per heavy atom. The topological polar surface area (TPSA) is 91.5 Å². The van der Waals surface area contributed by atoms with E-state index < -0.39 is 11.8 Å². The second-order valence-corrected chi connectivity index (χ2v) is 4.49. The van der Waals surface area contributed by atoms with Crippen LogP contribution in [0, 0.1) is 0 Å². The molecule has 1 aliphatic rings. The quantitative estimate of drug-likeness (QED) is 0.741. The van der Waals surface area contributed by atoms with Gasteiger partial charge in [0.2, 0.25) is 0 Å². The van der Waals surface area contributed by atoms with Gasteiger partial charge < -0.3 is 16.2 Å². The van der Waals surface area contributed by atoms with Crippen LogP contribution in [0.15, 0.2) is 12.1 Å². The van der Waals surface area contributed by atoms with Crippen molar-refractivity contribution in [1.82, 2.24) is 4.98 Å². The maximum atomic E-state index is 11.4. The zero-order chi connectivity index (χ0) is 13.3. The third-order valence-electron chi connectivity index (χ3n) is 3.49. The molecular formula is C12H18N4O2. The molecule has 1 aromatic heterocycles. The van der Waals surface area contributed by atoms with Gasteiger partial charge in [-0.05, 0) is 31.4 Å². The Bertz CT molecular complexity index is 477. The van der Waals surface area contributed by atoms with Crippen molar-refractivity contribution in [1.29, 1.82) is 0 Å². The molecule has 1 amide bonds. The summed E-state index contributed by atoms with van der Waals surface area (Å²) in [6.45, 7) is 1.90. The standard InChI is InChI=1S/C12H18N4O2/c1-3-12(13)7-6-8-9(16(12)11(17)18)4-5-10(14-2)15-8/h4-5H,3,6-7,13H2,1-2H3,(H,14,15)(H,17,18). The lowest BCUT2D eigenvalue weighted by Crippen LogP contribution is -2.60. The van der Waals surface area contributed by atoms with Crippen molar-refractivity contribution >= 4 is 17.6 Å². The number of carboxylic acid groups (broad SMARTS) is 1. The molecule has 1 aliphatic heterocycles. The van der Waals surface area contributed by atoms with Gasteiger partial charge >= 0.3 is 6.09 Å². The summed E-state index contributed by atoms with van der Waals surface area (Å²) in [6.07, 6.45) is 0.827. The largest absolute Gasteiger partial charge is 0.465 e. The number of aryl methyl sites for hydroxylation is 1. The third-order valence-corrected chi connectivity index (χ3v) is 3.49. The number of nitrogens with zero attached hydrogens (tertiary/aromatic N) is 2. The van der Waals surface area contributed by atoms with Crippen molar-refractivity contribution in [2.45, 2.75) is 31.8 Å². The number of pyridine rings is 1. The summed E-state index contributed by atoms with van der Waals surface area (Å²) in [4.78, 5) is 17.1. The minimum Gasteiger partial charge on any atom is -0.465 e. The van der Waals surface area contributed by atoms with Crippen LogP contribution in [0.5, 0.6) is 0 Å². The van der Waals surface area contributed by atoms with E-state index in [2.05, 4.69) is 10.3 Å². The monoisotopic (exact) mass is 250 g/mol. The molecule has 2 heterocycles. The van der Waals surface area contributed by atoms with Crippen LogP contribution in [-0.4, -0.2) is 28.9 Å². The molecule has 0 spiro atoms. The summed E-state index contributed by atoms with van der Waals surface area (Å²) in [7, 11) is 1.78. The number of carbonyl (C=O) groups is 1. The average Bonchev–Trinajstić information content (AvgIpc) is 2.37. The highest BCUT2D eigenvalue weighted by atomic mass is 16.4. The Labute approximate surface area is 106 Å². The number of hydrogen-bond donors (Lipinski definition) is 3. The average molecular weight is 250 g/mol. The second kappa shape index (κ2) is 4.45. The summed E-state index contributed by atoms with van der Waals surface area (Å²) in [6, 6.07) is 3.52. The first kappa shape index (κ1) is 12.6. The molecule has 0 aromatic carbocycles. The first-order valence-electron chi connectivity index (χ1n) is 6.01. The number of rotatable bonds is 2. The summed E-state index contributed by atoms with van der Waals surface area (Å²) in [5, 5.41) is 12.3. The van der Waals surface area contributed by atoms with Crippen LogP contribution in [0.2, 0.25) is 0 Å². The Balaban J connectivity index is 2.50. The molecule has 0 aliphatic carbocycles. The van der Waals surface area contributed by atoms with Gasteiger partial charge in [-0.2, -0.15) is 0 Å². The molecule has 6 nitrogen and oxygen atoms in total. The highest BCUT2D eigenvalue weighted by Gasteiger charge is 2.40. The Hall–Kier alpha value is -1.82. The number of amides is 1. The van der Waals surface area contributed by atoms with Crippen molar-refractivity contribution in [3.05, 3.63) is 17.8 Å². The fourth-order valence-corrected chi connectivity index (χ4v) is 2.34. The van der Waals surface area contributed by atoms with E-state index in [9.17, 15) is 9.90 Å². The summed E-state index contributed by atoms with van der Waals surface area (Å²) in [5.74, 6) is 0.736. The normalized spacial score (nSPS) is 22.5. The number of anilines is 2. The Morgan fingerprint density at radius 3 is 2.94 bits per heavy atom. The number of aromatic nitrogens is 1. The molecule has 98 valence electrons. The van der Waals surface area contributed by atoms with E-state index in [1.165, 1.54) is 4.90 Å². The highest BCUT2D eigenvalue weighted by molar-refractivity contribution is 5.89. The van der Waals surface area contributed by atoms with Crippen LogP contribution in [0.1, 0.15) is 25.5 Å². The van der Waals surface area contributed by atoms with Gasteiger partial charge in [-0.3, -0.25) is 4.90 Å². The molecule has 0 radical (unpaired) electrons. The fraction of sp³-hybridized carbons (Fsp3) is 0.500. The molecule has 4 N–H and O–H groups in total. The molecule has 1 unspecified atom stereocenters. The number of fused-ring (bicyclic) bond motifs is 1. The van der Waals surface area contributed by atoms with Crippen LogP contribution in [-0.2, 0) is 6.42 Å². The molecule has 18 heavy (non-hydrogen) atoms. The second-order valence-electron chi connectivity index (χ2n) is 4.49. The maximum absolute atomic E-state index is 11.4. The van der Waals surface area contributed by atoms with Gasteiger partial charge in [-0.1, -0.05) is 6.92 Å². The molecule has 1 aromatic rings. The fourth-order valence-electron chi connectivity index (χ4n) is 2.34. The van der Waals surface area contributed by atoms with Gasteiger partial charge in [-0.25, -0.2) is 9.78 Å². The molecule has 0 saturated carbocycles. The van der Waals surface area contributed by atoms with Crippen molar-refractivity contribution < 1.29 is 9.90 Å². The van der Waals surface area contributed by atoms with E-state index in [1.807, 2.05) is 6.92 Å². The summed E-state index contributed by atoms with van der Waals surface area (Å²) < 4.78 is 0. The van der Waals surface area contributed by atoms with Gasteiger partial charge in [0.1, 0.15) is 5.82 Å². The van der Waals surface area contributed by atoms with Gasteiger partial charge in [0.15, 0.2) is 0 Å². The lowest BCUT2D eigenvalue weighted by atomic mass is 9.92. The van der Waals surface area contributed by atoms with Crippen LogP contribution < -0.4 is 16.0 Å². The summed E-state index contributed by atoms with van der Waals surface area (Å²) >= 11 is 0. The van der Waals surface area contributed by atoms with Crippen LogP contribution in [0.25, 0.3) is 0 Å². The van der Waals surface area contributed by atoms with E-state index >= 15 is 0 Å². The van der Waals surface area contributed by atoms with E-state index in [1.54, 1.807) is 19.2 Å². The first-order chi connectivity index (χ1) is 8.51. The van der Waals surface area contributed by atoms with Crippen molar-refractivity contribution in [3.63, 3.8) is 0 Å². The lowest BCUT2D eigenvalue weighted by Gasteiger charge is -2.42. The van der Waals surface area contributed by atoms with Crippen LogP contribution in [0.3, 0.4) is 0 Å². The molecule has 6 heteroatoms. The SMILES string of the molecule is CCC1(N)CCc2nc(NC)ccc2N1C(=O)O. The molecule has 0 fully saturated rings. The van der Waals surface area contributed by atoms with Crippen molar-refractivity contribution in [2.24, 2.45) is 5.73 Å². The minimum atomic E-state index is -1.03. The first-order valence-corrected chi connectivity index (χ1v) is 6.01. The van der Waals surface area contributed by atoms with E-state index in [-0.39, 0.29) is 0 Å². The molecular weight excluding hydrogens is 232 g/mol. The molecule has 0 bridgehead atoms. The lowest BCUT2D eigenvalue weighted by molar-refractivity contribution is 0.187. The maximum Gasteiger partial charge on any atom is 0.413 e. The Morgan fingerprint density at radius 2 is 2.39 bits per heavy atom. The van der Waals surface area contributed by atoms with Crippen molar-refractivity contribution in [2.75, 3.05) is 17.3 Å². The number of nitrogens with one attached hydrogen (secondary N) is 1. The summed E-state index contributed by atoms with van der Waals surface area (Å²) in [5.41, 5.74) is 6.73. The zero-order valence-corrected chi connectivity index (χ0v) is 10.6. The van der Waals surface area contributed by atoms with Gasteiger partial charge in [0, 0.05) is 7.05 Å². The molecule has 2 rings (SSSR count). The molecule has 1 atom stereocenters. The van der Waals surface area contributed by atoms with Crippen molar-refractivity contribution in [3.8, 4) is 0 Å². The molecule has 0 saturated heterocycles. The van der Waals surface area contributed by atoms with Crippen LogP contribution in [0.4, 0.5) is 16.3 Å². The predicted molar refractivity (Wildman–Crippen MR) is 69.8 cm³/mol. The Kier molecular flexibility index (Phi) is 3.13. The van der Waals surface area contributed by atoms with E-state index in [4.69, 9.17) is 5.73 Å². The van der Waals surface area contributed by atoms with E-state index in [0.29, 0.717) is 24.9 Å².